The van der Waals surface area contributed by atoms with E-state index in [4.69, 9.17) is 4.74 Å². The van der Waals surface area contributed by atoms with Crippen molar-refractivity contribution in [2.24, 2.45) is 0 Å². The number of pyridine rings is 1. The first kappa shape index (κ1) is 12.9. The Morgan fingerprint density at radius 1 is 1.37 bits per heavy atom. The number of morpholine rings is 1. The molecule has 0 aliphatic carbocycles. The molecule has 2 fully saturated rings. The maximum atomic E-state index is 5.91. The van der Waals surface area contributed by atoms with Crippen LogP contribution in [0.15, 0.2) is 18.5 Å². The molecule has 1 aromatic heterocycles. The molecule has 104 valence electrons. The molecule has 2 saturated heterocycles. The molecule has 0 saturated carbocycles. The molecule has 0 aromatic carbocycles. The summed E-state index contributed by atoms with van der Waals surface area (Å²) in [6.07, 6.45) is 8.36. The lowest BCUT2D eigenvalue weighted by Crippen LogP contribution is -2.43. The molecule has 0 spiro atoms. The van der Waals surface area contributed by atoms with Crippen molar-refractivity contribution in [3.63, 3.8) is 0 Å². The van der Waals surface area contributed by atoms with Crippen LogP contribution in [0.5, 0.6) is 0 Å². The monoisotopic (exact) mass is 261 g/mol. The molecule has 2 aliphatic heterocycles. The minimum atomic E-state index is 0.434. The lowest BCUT2D eigenvalue weighted by Gasteiger charge is -2.35. The SMILES string of the molecule is CCCNCc1cnccc1N1CC2CCC(C1)O2. The zero-order valence-corrected chi connectivity index (χ0v) is 11.6. The molecule has 0 radical (unpaired) electrons. The van der Waals surface area contributed by atoms with E-state index in [9.17, 15) is 0 Å². The van der Waals surface area contributed by atoms with Crippen LogP contribution in [0.1, 0.15) is 31.7 Å². The van der Waals surface area contributed by atoms with Gasteiger partial charge < -0.3 is 15.0 Å². The molecule has 2 aliphatic rings. The van der Waals surface area contributed by atoms with Crippen molar-refractivity contribution in [2.45, 2.75) is 44.9 Å². The van der Waals surface area contributed by atoms with Gasteiger partial charge >= 0.3 is 0 Å². The third kappa shape index (κ3) is 2.90. The number of rotatable bonds is 5. The summed E-state index contributed by atoms with van der Waals surface area (Å²) in [6.45, 7) is 6.21. The summed E-state index contributed by atoms with van der Waals surface area (Å²) in [5.74, 6) is 0. The van der Waals surface area contributed by atoms with Crippen LogP contribution < -0.4 is 10.2 Å². The average Bonchev–Trinajstić information content (AvgIpc) is 2.78. The van der Waals surface area contributed by atoms with Crippen LogP contribution in [0.25, 0.3) is 0 Å². The Morgan fingerprint density at radius 2 is 2.16 bits per heavy atom. The van der Waals surface area contributed by atoms with E-state index in [1.807, 2.05) is 12.4 Å². The maximum Gasteiger partial charge on any atom is 0.0755 e. The van der Waals surface area contributed by atoms with E-state index in [0.717, 1.165) is 32.6 Å². The standard InChI is InChI=1S/C15H23N3O/c1-2-6-16-8-12-9-17-7-5-15(12)18-10-13-3-4-14(11-18)19-13/h5,7,9,13-14,16H,2-4,6,8,10-11H2,1H3. The van der Waals surface area contributed by atoms with Crippen molar-refractivity contribution >= 4 is 5.69 Å². The second-order valence-electron chi connectivity index (χ2n) is 5.54. The van der Waals surface area contributed by atoms with Crippen molar-refractivity contribution in [1.82, 2.24) is 10.3 Å². The van der Waals surface area contributed by atoms with Crippen molar-refractivity contribution in [3.05, 3.63) is 24.0 Å². The minimum Gasteiger partial charge on any atom is -0.371 e. The molecular formula is C15H23N3O. The number of hydrogen-bond donors (Lipinski definition) is 1. The number of fused-ring (bicyclic) bond motifs is 2. The van der Waals surface area contributed by atoms with Gasteiger partial charge in [0.15, 0.2) is 0 Å². The predicted molar refractivity (Wildman–Crippen MR) is 76.3 cm³/mol. The third-order valence-electron chi connectivity index (χ3n) is 4.00. The Labute approximate surface area is 115 Å². The van der Waals surface area contributed by atoms with Gasteiger partial charge in [0.1, 0.15) is 0 Å². The number of anilines is 1. The van der Waals surface area contributed by atoms with E-state index in [1.54, 1.807) is 0 Å². The second-order valence-corrected chi connectivity index (χ2v) is 5.54. The van der Waals surface area contributed by atoms with Crippen LogP contribution in [0, 0.1) is 0 Å². The molecular weight excluding hydrogens is 238 g/mol. The topological polar surface area (TPSA) is 37.4 Å². The number of nitrogens with one attached hydrogen (secondary N) is 1. The molecule has 0 amide bonds. The second kappa shape index (κ2) is 5.88. The molecule has 19 heavy (non-hydrogen) atoms. The van der Waals surface area contributed by atoms with E-state index in [1.165, 1.54) is 24.1 Å². The summed E-state index contributed by atoms with van der Waals surface area (Å²) in [5, 5.41) is 3.47. The van der Waals surface area contributed by atoms with Crippen molar-refractivity contribution in [1.29, 1.82) is 0 Å². The van der Waals surface area contributed by atoms with E-state index in [0.29, 0.717) is 12.2 Å². The van der Waals surface area contributed by atoms with E-state index in [-0.39, 0.29) is 0 Å². The summed E-state index contributed by atoms with van der Waals surface area (Å²) in [7, 11) is 0. The van der Waals surface area contributed by atoms with Gasteiger partial charge in [0, 0.05) is 43.3 Å². The van der Waals surface area contributed by atoms with Gasteiger partial charge in [-0.05, 0) is 31.9 Å². The number of ether oxygens (including phenoxy) is 1. The van der Waals surface area contributed by atoms with Crippen molar-refractivity contribution in [3.8, 4) is 0 Å². The lowest BCUT2D eigenvalue weighted by atomic mass is 10.2. The van der Waals surface area contributed by atoms with Crippen LogP contribution in [0.3, 0.4) is 0 Å². The average molecular weight is 261 g/mol. The molecule has 2 atom stereocenters. The Morgan fingerprint density at radius 3 is 2.89 bits per heavy atom. The maximum absolute atomic E-state index is 5.91. The fourth-order valence-electron chi connectivity index (χ4n) is 3.08. The Bertz CT molecular complexity index is 412. The molecule has 4 nitrogen and oxygen atoms in total. The first-order valence-electron chi connectivity index (χ1n) is 7.41. The van der Waals surface area contributed by atoms with Gasteiger partial charge in [-0.15, -0.1) is 0 Å². The lowest BCUT2D eigenvalue weighted by molar-refractivity contribution is 0.0304. The summed E-state index contributed by atoms with van der Waals surface area (Å²) >= 11 is 0. The smallest absolute Gasteiger partial charge is 0.0755 e. The molecule has 1 aromatic rings. The van der Waals surface area contributed by atoms with E-state index in [2.05, 4.69) is 28.2 Å². The number of hydrogen-bond acceptors (Lipinski definition) is 4. The number of aromatic nitrogens is 1. The quantitative estimate of drug-likeness (QED) is 0.822. The van der Waals surface area contributed by atoms with Crippen LogP contribution in [0.4, 0.5) is 5.69 Å². The van der Waals surface area contributed by atoms with Crippen LogP contribution in [0.2, 0.25) is 0 Å². The summed E-state index contributed by atoms with van der Waals surface area (Å²) in [6, 6.07) is 2.15. The molecule has 4 heteroatoms. The highest BCUT2D eigenvalue weighted by molar-refractivity contribution is 5.53. The van der Waals surface area contributed by atoms with Crippen LogP contribution in [-0.4, -0.2) is 36.8 Å². The Hall–Kier alpha value is -1.13. The zero-order chi connectivity index (χ0) is 13.1. The highest BCUT2D eigenvalue weighted by atomic mass is 16.5. The van der Waals surface area contributed by atoms with E-state index >= 15 is 0 Å². The molecule has 3 heterocycles. The van der Waals surface area contributed by atoms with Crippen LogP contribution in [-0.2, 0) is 11.3 Å². The van der Waals surface area contributed by atoms with Crippen LogP contribution >= 0.6 is 0 Å². The summed E-state index contributed by atoms with van der Waals surface area (Å²) < 4.78 is 5.91. The van der Waals surface area contributed by atoms with Crippen molar-refractivity contribution in [2.75, 3.05) is 24.5 Å². The van der Waals surface area contributed by atoms with Gasteiger partial charge in [0.25, 0.3) is 0 Å². The fraction of sp³-hybridized carbons (Fsp3) is 0.667. The third-order valence-corrected chi connectivity index (χ3v) is 4.00. The molecule has 3 rings (SSSR count). The van der Waals surface area contributed by atoms with Crippen molar-refractivity contribution < 1.29 is 4.74 Å². The highest BCUT2D eigenvalue weighted by Crippen LogP contribution is 2.30. The van der Waals surface area contributed by atoms with Gasteiger partial charge in [0.2, 0.25) is 0 Å². The first-order valence-corrected chi connectivity index (χ1v) is 7.41. The zero-order valence-electron chi connectivity index (χ0n) is 11.6. The molecule has 2 unspecified atom stereocenters. The minimum absolute atomic E-state index is 0.434. The number of nitrogens with zero attached hydrogens (tertiary/aromatic N) is 2. The Kier molecular flexibility index (Phi) is 3.99. The predicted octanol–water partition coefficient (Wildman–Crippen LogP) is 1.95. The Balaban J connectivity index is 1.72. The summed E-state index contributed by atoms with van der Waals surface area (Å²) in [4.78, 5) is 6.76. The fourth-order valence-corrected chi connectivity index (χ4v) is 3.08. The summed E-state index contributed by atoms with van der Waals surface area (Å²) in [5.41, 5.74) is 2.64. The first-order chi connectivity index (χ1) is 9.36. The largest absolute Gasteiger partial charge is 0.371 e. The van der Waals surface area contributed by atoms with Gasteiger partial charge in [-0.3, -0.25) is 4.98 Å². The van der Waals surface area contributed by atoms with Gasteiger partial charge in [-0.25, -0.2) is 0 Å². The van der Waals surface area contributed by atoms with Gasteiger partial charge in [0.05, 0.1) is 12.2 Å². The normalized spacial score (nSPS) is 25.8. The van der Waals surface area contributed by atoms with E-state index < -0.39 is 0 Å². The van der Waals surface area contributed by atoms with Gasteiger partial charge in [-0.1, -0.05) is 6.92 Å². The highest BCUT2D eigenvalue weighted by Gasteiger charge is 2.34. The molecule has 2 bridgehead atoms. The molecule has 1 N–H and O–H groups in total. The van der Waals surface area contributed by atoms with Gasteiger partial charge in [-0.2, -0.15) is 0 Å².